The number of benzene rings is 6. The predicted molar refractivity (Wildman–Crippen MR) is 491 cm³/mol. The van der Waals surface area contributed by atoms with E-state index in [9.17, 15) is 53.3 Å². The summed E-state index contributed by atoms with van der Waals surface area (Å²) < 4.78 is 68.2. The number of halogens is 6. The summed E-state index contributed by atoms with van der Waals surface area (Å²) in [5.74, 6) is -0.312. The molecule has 34 heteroatoms. The Hall–Kier alpha value is -12.7. The fraction of sp³-hybridized carbons (Fsp3) is 0.379. The Bertz CT molecular complexity index is 6600. The minimum absolute atomic E-state index is 0.00721. The van der Waals surface area contributed by atoms with Crippen LogP contribution < -0.4 is 45.6 Å². The number of likely N-dealkylation sites (tertiary alicyclic amines) is 3. The molecule has 3 unspecified atom stereocenters. The van der Waals surface area contributed by atoms with E-state index in [1.165, 1.54) is 34.9 Å². The summed E-state index contributed by atoms with van der Waals surface area (Å²) in [6.07, 6.45) is 7.71. The zero-order chi connectivity index (χ0) is 90.6. The molecule has 2 N–H and O–H groups in total. The first-order chi connectivity index (χ1) is 62.3. The van der Waals surface area contributed by atoms with Gasteiger partial charge in [-0.15, -0.1) is 0 Å². The normalized spacial score (nSPS) is 20.1. The summed E-state index contributed by atoms with van der Waals surface area (Å²) in [4.78, 5) is 98.0. The fourth-order valence-electron chi connectivity index (χ4n) is 20.3. The molecule has 6 aromatic carbocycles. The van der Waals surface area contributed by atoms with E-state index in [0.29, 0.717) is 155 Å². The van der Waals surface area contributed by atoms with Gasteiger partial charge >= 0.3 is 0 Å². The van der Waals surface area contributed by atoms with E-state index < -0.39 is 35.0 Å². The highest BCUT2D eigenvalue weighted by Gasteiger charge is 2.43. The third-order valence-corrected chi connectivity index (χ3v) is 27.8. The van der Waals surface area contributed by atoms with Crippen molar-refractivity contribution >= 4 is 124 Å². The number of amides is 3. The summed E-state index contributed by atoms with van der Waals surface area (Å²) in [6, 6.07) is 21.7. The molecular formula is C95H93Cl3F3N19O9. The van der Waals surface area contributed by atoms with E-state index in [2.05, 4.69) is 82.8 Å². The SMILES string of the molecule is C=CC(=O)N1CCN(c2c(C#N)c(=O)n3c4c(c(-c5c(C)ccc6[nH]ncc56)c(Cl)cc24)OCC3CN2CCC2)[C@@H](C)C1.C=CC(=O)N1CCN(c2c(C#N)c(=O)n3c4c(c(-c5c(C)ccc6cn[nH]c56)c(Cl)cc24)OCC3CN2CCC2)[C@@H](C)C1.C=CC(=O)N1CCN(c2c(C#N)c(=O)n3c4c(c(-c5c(F)cccc5C(F)F)c(Cl)cc24)OCC3CN2CCC2)[C@@H](C)C1. The standard InChI is InChI=1S/2C32H32ClN7O3.C31H29ClF3N5O3/c1-4-26(41)38-10-11-39(19(3)15-38)29-21-12-24(33)28(27-18(2)6-7-25-23(27)14-35-36-25)31-30(21)40(32(42)22(29)13-34)20(17-43-31)16-37-8-5-9-37;1-4-25(41)38-10-11-39(19(3)15-38)29-22-12-24(33)27(26-18(2)6-7-20-14-35-36-28(20)26)31-30(22)40(32(42)23(29)13-34)21(17-43-31)16-37-8-5-9-37;1-3-24(41)38-10-11-39(17(2)14-38)27-20-12-22(32)26(25-19(30(34)35)6-4-7-23(25)33)29-28(20)40(31(42)21(27)13-36)18(16-43-29)15-37-8-5-9-37/h4,6-7,12,14,19-20H,1,5,8-11,15-17H2,2-3H3,(H,35,36);4,6-7,12,14,19,21H,1,5,8-11,15-17H2,2-3H3,(H,35,36);3-4,6-7,12,17-18,30H,1,5,8-11,14-16H2,2H3/t19-,20?;19-,21?;17-,18?/m000/s1. The summed E-state index contributed by atoms with van der Waals surface area (Å²) in [6.45, 7) is 32.3. The lowest BCUT2D eigenvalue weighted by atomic mass is 9.92. The van der Waals surface area contributed by atoms with Gasteiger partial charge in [0, 0.05) is 163 Å². The second kappa shape index (κ2) is 35.1. The maximum Gasteiger partial charge on any atom is 0.271 e. The Morgan fingerprint density at radius 3 is 1.23 bits per heavy atom. The number of H-pyrrole nitrogens is 2. The summed E-state index contributed by atoms with van der Waals surface area (Å²) in [7, 11) is 0. The monoisotopic (exact) mass is 1810 g/mol. The smallest absolute Gasteiger partial charge is 0.271 e. The fourth-order valence-corrected chi connectivity index (χ4v) is 21.2. The molecule has 6 saturated heterocycles. The van der Waals surface area contributed by atoms with Gasteiger partial charge in [-0.3, -0.25) is 52.7 Å². The highest BCUT2D eigenvalue weighted by Crippen LogP contribution is 2.55. The van der Waals surface area contributed by atoms with Gasteiger partial charge in [0.1, 0.15) is 60.5 Å². The maximum atomic E-state index is 15.4. The van der Waals surface area contributed by atoms with Crippen LogP contribution in [0.25, 0.3) is 87.9 Å². The Morgan fingerprint density at radius 2 is 0.868 bits per heavy atom. The Balaban J connectivity index is 0.000000130. The van der Waals surface area contributed by atoms with Crippen LogP contribution in [-0.2, 0) is 14.4 Å². The number of rotatable bonds is 16. The molecular weight excluding hydrogens is 1710 g/mol. The number of nitriles is 3. The van der Waals surface area contributed by atoms with Gasteiger partial charge < -0.3 is 58.3 Å². The highest BCUT2D eigenvalue weighted by molar-refractivity contribution is 6.37. The van der Waals surface area contributed by atoms with Crippen LogP contribution in [0.3, 0.4) is 0 Å². The van der Waals surface area contributed by atoms with E-state index >= 15 is 4.39 Å². The number of nitrogens with one attached hydrogen (secondary N) is 2. The molecule has 3 amide bonds. The molecule has 6 atom stereocenters. The van der Waals surface area contributed by atoms with Crippen LogP contribution in [0.1, 0.15) is 98.0 Å². The number of aromatic amines is 2. The molecule has 6 fully saturated rings. The van der Waals surface area contributed by atoms with Gasteiger partial charge in [-0.05, 0) is 153 Å². The number of fused-ring (bicyclic) bond motifs is 2. The van der Waals surface area contributed by atoms with E-state index in [0.717, 1.165) is 115 Å². The number of ether oxygens (including phenoxy) is 3. The minimum Gasteiger partial charge on any atom is -0.488 e. The third-order valence-electron chi connectivity index (χ3n) is 27.0. The lowest BCUT2D eigenvalue weighted by molar-refractivity contribution is -0.127. The number of nitrogens with zero attached hydrogens (tertiary/aromatic N) is 17. The number of carbonyl (C=O) groups excluding carboxylic acids is 3. The van der Waals surface area contributed by atoms with Crippen molar-refractivity contribution in [2.75, 3.05) is 152 Å². The van der Waals surface area contributed by atoms with E-state index in [4.69, 9.17) is 49.0 Å². The van der Waals surface area contributed by atoms with Gasteiger partial charge in [-0.25, -0.2) is 13.2 Å². The number of anilines is 3. The van der Waals surface area contributed by atoms with Gasteiger partial charge in [0.2, 0.25) is 17.7 Å². The summed E-state index contributed by atoms with van der Waals surface area (Å²) in [5, 5.41) is 50.5. The van der Waals surface area contributed by atoms with Crippen LogP contribution in [0.15, 0.2) is 125 Å². The number of carbonyl (C=O) groups is 3. The van der Waals surface area contributed by atoms with Crippen LogP contribution in [0, 0.1) is 53.7 Å². The molecule has 14 heterocycles. The highest BCUT2D eigenvalue weighted by atomic mass is 35.5. The second-order valence-corrected chi connectivity index (χ2v) is 35.8. The van der Waals surface area contributed by atoms with E-state index in [1.54, 1.807) is 36.2 Å². The average molecular weight is 1810 g/mol. The van der Waals surface area contributed by atoms with Gasteiger partial charge in [0.05, 0.1) is 90.2 Å². The van der Waals surface area contributed by atoms with Crippen LogP contribution >= 0.6 is 34.8 Å². The second-order valence-electron chi connectivity index (χ2n) is 34.5. The van der Waals surface area contributed by atoms with Gasteiger partial charge in [-0.1, -0.05) is 84.9 Å². The van der Waals surface area contributed by atoms with Crippen molar-refractivity contribution in [3.05, 3.63) is 196 Å². The van der Waals surface area contributed by atoms with Crippen molar-refractivity contribution in [3.8, 4) is 68.8 Å². The number of alkyl halides is 2. The number of aromatic nitrogens is 7. The molecule has 0 radical (unpaired) electrons. The molecule has 9 aliphatic rings. The van der Waals surface area contributed by atoms with Crippen molar-refractivity contribution in [1.29, 1.82) is 15.8 Å². The first-order valence-electron chi connectivity index (χ1n) is 43.4. The maximum absolute atomic E-state index is 15.4. The molecule has 0 bridgehead atoms. The van der Waals surface area contributed by atoms with Crippen molar-refractivity contribution in [2.24, 2.45) is 0 Å². The Morgan fingerprint density at radius 1 is 0.496 bits per heavy atom. The van der Waals surface area contributed by atoms with Gasteiger partial charge in [0.15, 0.2) is 17.2 Å². The number of hydrogen-bond acceptors (Lipinski definition) is 20. The van der Waals surface area contributed by atoms with Crippen molar-refractivity contribution in [3.63, 3.8) is 0 Å². The predicted octanol–water partition coefficient (Wildman–Crippen LogP) is 13.6. The zero-order valence-electron chi connectivity index (χ0n) is 71.8. The number of pyridine rings is 3. The van der Waals surface area contributed by atoms with Gasteiger partial charge in [0.25, 0.3) is 23.1 Å². The zero-order valence-corrected chi connectivity index (χ0v) is 74.1. The Labute approximate surface area is 754 Å². The van der Waals surface area contributed by atoms with Crippen LogP contribution in [-0.4, -0.2) is 237 Å². The Kier molecular flexibility index (Phi) is 23.7. The van der Waals surface area contributed by atoms with Crippen LogP contribution in [0.4, 0.5) is 30.2 Å². The van der Waals surface area contributed by atoms with Crippen LogP contribution in [0.2, 0.25) is 15.1 Å². The van der Waals surface area contributed by atoms with E-state index in [-0.39, 0.29) is 117 Å². The molecule has 129 heavy (non-hydrogen) atoms. The topological polar surface area (TPSA) is 303 Å². The molecule has 9 aliphatic heterocycles. The molecule has 28 nitrogen and oxygen atoms in total. The largest absolute Gasteiger partial charge is 0.488 e. The van der Waals surface area contributed by atoms with Crippen molar-refractivity contribution in [1.82, 2.24) is 63.5 Å². The first-order valence-corrected chi connectivity index (χ1v) is 44.5. The summed E-state index contributed by atoms with van der Waals surface area (Å²) in [5.41, 5.74) is 7.67. The quantitative estimate of drug-likeness (QED) is 0.0849. The first kappa shape index (κ1) is 87.0. The summed E-state index contributed by atoms with van der Waals surface area (Å²) >= 11 is 21.2. The lowest BCUT2D eigenvalue weighted by Crippen LogP contribution is -2.54. The molecule has 664 valence electrons. The molecule has 11 aromatic rings. The lowest BCUT2D eigenvalue weighted by Gasteiger charge is -2.42. The average Bonchev–Trinajstić information content (AvgIpc) is 1.20. The molecule has 0 aliphatic carbocycles. The number of piperazine rings is 3. The minimum atomic E-state index is -3.00. The van der Waals surface area contributed by atoms with Crippen molar-refractivity contribution < 1.29 is 41.8 Å². The van der Waals surface area contributed by atoms with Crippen molar-refractivity contribution in [2.45, 2.75) is 96.6 Å². The number of hydrogen-bond donors (Lipinski definition) is 2. The van der Waals surface area contributed by atoms with E-state index in [1.807, 2.05) is 75.9 Å². The molecule has 0 saturated carbocycles. The molecule has 20 rings (SSSR count). The van der Waals surface area contributed by atoms with Gasteiger partial charge in [-0.2, -0.15) is 26.0 Å². The van der Waals surface area contributed by atoms with Crippen LogP contribution in [0.5, 0.6) is 17.2 Å². The number of aryl methyl sites for hydroxylation is 2. The molecule has 0 spiro atoms. The molecule has 5 aromatic heterocycles. The third kappa shape index (κ3) is 14.9.